The van der Waals surface area contributed by atoms with E-state index in [0.717, 1.165) is 37.2 Å². The number of aromatic nitrogens is 2. The van der Waals surface area contributed by atoms with Crippen LogP contribution in [0.5, 0.6) is 0 Å². The molecular formula is C19H22N6O3. The topological polar surface area (TPSA) is 104 Å². The number of urea groups is 1. The van der Waals surface area contributed by atoms with E-state index in [1.54, 1.807) is 0 Å². The maximum atomic E-state index is 13.2. The molecule has 2 unspecified atom stereocenters. The molecule has 0 saturated carbocycles. The lowest BCUT2D eigenvalue weighted by atomic mass is 9.92. The van der Waals surface area contributed by atoms with Gasteiger partial charge >= 0.3 is 6.03 Å². The van der Waals surface area contributed by atoms with Gasteiger partial charge in [-0.1, -0.05) is 29.4 Å². The number of hydrogen-bond donors (Lipinski definition) is 2. The Balaban J connectivity index is 1.37. The number of carbonyl (C=O) groups excluding carboxylic acids is 2. The van der Waals surface area contributed by atoms with Crippen LogP contribution < -0.4 is 10.6 Å². The van der Waals surface area contributed by atoms with Gasteiger partial charge in [0, 0.05) is 19.6 Å². The Hall–Kier alpha value is -2.78. The van der Waals surface area contributed by atoms with Gasteiger partial charge in [-0.3, -0.25) is 14.6 Å². The third kappa shape index (κ3) is 2.54. The van der Waals surface area contributed by atoms with E-state index in [1.807, 2.05) is 31.3 Å². The number of nitrogens with one attached hydrogen (secondary N) is 2. The van der Waals surface area contributed by atoms with Gasteiger partial charge < -0.3 is 15.2 Å². The normalized spacial score (nSPS) is 27.5. The maximum absolute atomic E-state index is 13.2. The molecule has 2 fully saturated rings. The molecule has 2 aliphatic heterocycles. The van der Waals surface area contributed by atoms with Crippen molar-refractivity contribution in [2.45, 2.75) is 31.0 Å². The summed E-state index contributed by atoms with van der Waals surface area (Å²) < 4.78 is 5.36. The highest BCUT2D eigenvalue weighted by Crippen LogP contribution is 2.41. The van der Waals surface area contributed by atoms with Crippen LogP contribution in [0.4, 0.5) is 4.79 Å². The number of imide groups is 1. The highest BCUT2D eigenvalue weighted by Gasteiger charge is 2.55. The Labute approximate surface area is 162 Å². The molecule has 1 aromatic carbocycles. The van der Waals surface area contributed by atoms with E-state index < -0.39 is 11.6 Å². The molecule has 1 spiro atoms. The van der Waals surface area contributed by atoms with Crippen molar-refractivity contribution in [3.8, 4) is 0 Å². The third-order valence-electron chi connectivity index (χ3n) is 6.01. The van der Waals surface area contributed by atoms with Gasteiger partial charge in [0.2, 0.25) is 5.89 Å². The summed E-state index contributed by atoms with van der Waals surface area (Å²) in [6.45, 7) is 2.52. The number of aryl methyl sites for hydroxylation is 1. The van der Waals surface area contributed by atoms with Crippen LogP contribution in [-0.2, 0) is 23.3 Å². The molecule has 2 saturated heterocycles. The van der Waals surface area contributed by atoms with Gasteiger partial charge in [0.25, 0.3) is 5.91 Å². The van der Waals surface area contributed by atoms with E-state index in [-0.39, 0.29) is 24.4 Å². The largest absolute Gasteiger partial charge is 0.337 e. The van der Waals surface area contributed by atoms with Gasteiger partial charge in [-0.2, -0.15) is 4.98 Å². The van der Waals surface area contributed by atoms with E-state index in [2.05, 4.69) is 25.7 Å². The zero-order chi connectivity index (χ0) is 19.3. The third-order valence-corrected chi connectivity index (χ3v) is 6.01. The molecule has 2 N–H and O–H groups in total. The molecule has 9 nitrogen and oxygen atoms in total. The number of nitrogens with zero attached hydrogens (tertiary/aromatic N) is 4. The second-order valence-corrected chi connectivity index (χ2v) is 7.63. The van der Waals surface area contributed by atoms with E-state index in [0.29, 0.717) is 12.2 Å². The van der Waals surface area contributed by atoms with Crippen molar-refractivity contribution < 1.29 is 14.1 Å². The number of rotatable bonds is 3. The Bertz CT molecular complexity index is 943. The summed E-state index contributed by atoms with van der Waals surface area (Å²) >= 11 is 0. The fourth-order valence-electron chi connectivity index (χ4n) is 4.43. The average molecular weight is 382 g/mol. The minimum absolute atomic E-state index is 0.0161. The molecule has 28 heavy (non-hydrogen) atoms. The number of amides is 3. The molecule has 3 aliphatic rings. The summed E-state index contributed by atoms with van der Waals surface area (Å²) in [6.07, 6.45) is 1.34. The summed E-state index contributed by atoms with van der Waals surface area (Å²) in [7, 11) is 2.01. The van der Waals surface area contributed by atoms with Gasteiger partial charge in [0.15, 0.2) is 5.82 Å². The summed E-state index contributed by atoms with van der Waals surface area (Å²) in [5.41, 5.74) is 1.02. The SMILES string of the molecule is CN1CCNCC1c1noc(CN2C(=O)NC3(CCc4ccccc43)C2=O)n1. The second kappa shape index (κ2) is 6.39. The van der Waals surface area contributed by atoms with Crippen LogP contribution in [0.15, 0.2) is 28.8 Å². The highest BCUT2D eigenvalue weighted by molar-refractivity contribution is 6.07. The van der Waals surface area contributed by atoms with E-state index in [4.69, 9.17) is 4.52 Å². The number of benzene rings is 1. The fourth-order valence-corrected chi connectivity index (χ4v) is 4.43. The predicted octanol–water partition coefficient (Wildman–Crippen LogP) is 0.539. The summed E-state index contributed by atoms with van der Waals surface area (Å²) in [6, 6.07) is 7.37. The number of carbonyl (C=O) groups is 2. The van der Waals surface area contributed by atoms with E-state index >= 15 is 0 Å². The minimum atomic E-state index is -0.968. The zero-order valence-electron chi connectivity index (χ0n) is 15.6. The lowest BCUT2D eigenvalue weighted by molar-refractivity contribution is -0.132. The molecule has 9 heteroatoms. The van der Waals surface area contributed by atoms with Crippen molar-refractivity contribution >= 4 is 11.9 Å². The highest BCUT2D eigenvalue weighted by atomic mass is 16.5. The lowest BCUT2D eigenvalue weighted by Gasteiger charge is -2.30. The first-order valence-corrected chi connectivity index (χ1v) is 9.54. The molecule has 2 atom stereocenters. The molecule has 3 amide bonds. The molecule has 5 rings (SSSR count). The van der Waals surface area contributed by atoms with Crippen molar-refractivity contribution in [1.82, 2.24) is 30.6 Å². The number of fused-ring (bicyclic) bond motifs is 2. The molecule has 0 bridgehead atoms. The molecule has 1 aromatic heterocycles. The Morgan fingerprint density at radius 3 is 3.04 bits per heavy atom. The van der Waals surface area contributed by atoms with E-state index in [9.17, 15) is 9.59 Å². The fraction of sp³-hybridized carbons (Fsp3) is 0.474. The minimum Gasteiger partial charge on any atom is -0.337 e. The molecule has 0 radical (unpaired) electrons. The second-order valence-electron chi connectivity index (χ2n) is 7.63. The molecular weight excluding hydrogens is 360 g/mol. The Morgan fingerprint density at radius 2 is 2.18 bits per heavy atom. The molecule has 146 valence electrons. The first-order valence-electron chi connectivity index (χ1n) is 9.54. The molecule has 2 aromatic rings. The summed E-state index contributed by atoms with van der Waals surface area (Å²) in [4.78, 5) is 33.6. The summed E-state index contributed by atoms with van der Waals surface area (Å²) in [5, 5.41) is 10.3. The number of likely N-dealkylation sites (N-methyl/N-ethyl adjacent to an activating group) is 1. The predicted molar refractivity (Wildman–Crippen MR) is 98.1 cm³/mol. The zero-order valence-corrected chi connectivity index (χ0v) is 15.6. The van der Waals surface area contributed by atoms with Crippen LogP contribution in [0.3, 0.4) is 0 Å². The van der Waals surface area contributed by atoms with Crippen molar-refractivity contribution in [2.75, 3.05) is 26.7 Å². The van der Waals surface area contributed by atoms with Gasteiger partial charge in [-0.15, -0.1) is 0 Å². The quantitative estimate of drug-likeness (QED) is 0.747. The first-order chi connectivity index (χ1) is 13.6. The van der Waals surface area contributed by atoms with Gasteiger partial charge in [0.05, 0.1) is 6.04 Å². The Kier molecular flexibility index (Phi) is 3.95. The maximum Gasteiger partial charge on any atom is 0.325 e. The van der Waals surface area contributed by atoms with Gasteiger partial charge in [0.1, 0.15) is 12.1 Å². The van der Waals surface area contributed by atoms with Crippen LogP contribution in [0.1, 0.15) is 35.3 Å². The average Bonchev–Trinajstić information content (AvgIpc) is 3.37. The van der Waals surface area contributed by atoms with Gasteiger partial charge in [-0.05, 0) is 31.0 Å². The van der Waals surface area contributed by atoms with Crippen molar-refractivity contribution in [3.63, 3.8) is 0 Å². The van der Waals surface area contributed by atoms with Crippen molar-refractivity contribution in [3.05, 3.63) is 47.1 Å². The lowest BCUT2D eigenvalue weighted by Crippen LogP contribution is -2.44. The van der Waals surface area contributed by atoms with E-state index in [1.165, 1.54) is 4.90 Å². The standard InChI is InChI=1S/C19H22N6O3/c1-24-9-8-20-10-14(24)16-21-15(28-23-16)11-25-17(26)19(22-18(25)27)7-6-12-4-2-3-5-13(12)19/h2-5,14,20H,6-11H2,1H3,(H,22,27). The van der Waals surface area contributed by atoms with Crippen molar-refractivity contribution in [2.24, 2.45) is 0 Å². The smallest absolute Gasteiger partial charge is 0.325 e. The Morgan fingerprint density at radius 1 is 1.32 bits per heavy atom. The van der Waals surface area contributed by atoms with Crippen LogP contribution in [0.2, 0.25) is 0 Å². The summed E-state index contributed by atoms with van der Waals surface area (Å²) in [5.74, 6) is 0.581. The molecule has 1 aliphatic carbocycles. The monoisotopic (exact) mass is 382 g/mol. The van der Waals surface area contributed by atoms with Crippen LogP contribution in [-0.4, -0.2) is 58.6 Å². The van der Waals surface area contributed by atoms with Crippen LogP contribution >= 0.6 is 0 Å². The number of hydrogen-bond acceptors (Lipinski definition) is 7. The van der Waals surface area contributed by atoms with Crippen LogP contribution in [0.25, 0.3) is 0 Å². The first kappa shape index (κ1) is 17.3. The van der Waals surface area contributed by atoms with Gasteiger partial charge in [-0.25, -0.2) is 4.79 Å². The number of piperazine rings is 1. The molecule has 3 heterocycles. The van der Waals surface area contributed by atoms with Crippen LogP contribution in [0, 0.1) is 0 Å². The van der Waals surface area contributed by atoms with Crippen molar-refractivity contribution in [1.29, 1.82) is 0 Å².